The SMILES string of the molecule is O=[N+]([O-])c1cccc(S(=O)(=O)N2CCN(c3ccc4ccccc4n3)CC2)c1. The number of para-hydroxylation sites is 1. The molecule has 0 atom stereocenters. The summed E-state index contributed by atoms with van der Waals surface area (Å²) >= 11 is 0. The monoisotopic (exact) mass is 398 g/mol. The predicted molar refractivity (Wildman–Crippen MR) is 106 cm³/mol. The van der Waals surface area contributed by atoms with Crippen molar-refractivity contribution in [3.8, 4) is 0 Å². The van der Waals surface area contributed by atoms with Gasteiger partial charge in [-0.05, 0) is 24.3 Å². The Hall–Kier alpha value is -3.04. The molecule has 9 heteroatoms. The Morgan fingerprint density at radius 3 is 2.43 bits per heavy atom. The van der Waals surface area contributed by atoms with Gasteiger partial charge in [0, 0.05) is 43.7 Å². The van der Waals surface area contributed by atoms with Crippen molar-refractivity contribution in [1.29, 1.82) is 0 Å². The van der Waals surface area contributed by atoms with Crippen LogP contribution in [0.2, 0.25) is 0 Å². The molecule has 1 aliphatic rings. The van der Waals surface area contributed by atoms with E-state index in [9.17, 15) is 18.5 Å². The van der Waals surface area contributed by atoms with Crippen molar-refractivity contribution in [3.05, 3.63) is 70.8 Å². The second kappa shape index (κ2) is 7.17. The lowest BCUT2D eigenvalue weighted by Gasteiger charge is -2.34. The molecule has 0 aliphatic carbocycles. The van der Waals surface area contributed by atoms with Crippen LogP contribution in [-0.4, -0.2) is 48.8 Å². The lowest BCUT2D eigenvalue weighted by atomic mass is 10.2. The zero-order chi connectivity index (χ0) is 19.7. The van der Waals surface area contributed by atoms with Crippen LogP contribution in [0.1, 0.15) is 0 Å². The lowest BCUT2D eigenvalue weighted by molar-refractivity contribution is -0.385. The average Bonchev–Trinajstić information content (AvgIpc) is 2.73. The summed E-state index contributed by atoms with van der Waals surface area (Å²) < 4.78 is 27.1. The third-order valence-corrected chi connectivity index (χ3v) is 6.71. The summed E-state index contributed by atoms with van der Waals surface area (Å²) in [4.78, 5) is 17.0. The van der Waals surface area contributed by atoms with E-state index in [4.69, 9.17) is 0 Å². The average molecular weight is 398 g/mol. The quantitative estimate of drug-likeness (QED) is 0.495. The van der Waals surface area contributed by atoms with E-state index in [1.54, 1.807) is 0 Å². The first-order valence-corrected chi connectivity index (χ1v) is 10.2. The minimum atomic E-state index is -3.78. The van der Waals surface area contributed by atoms with Gasteiger partial charge in [0.05, 0.1) is 15.3 Å². The summed E-state index contributed by atoms with van der Waals surface area (Å²) in [5, 5.41) is 12.0. The highest BCUT2D eigenvalue weighted by atomic mass is 32.2. The molecule has 0 unspecified atom stereocenters. The predicted octanol–water partition coefficient (Wildman–Crippen LogP) is 2.65. The van der Waals surface area contributed by atoms with Gasteiger partial charge in [-0.15, -0.1) is 0 Å². The van der Waals surface area contributed by atoms with Crippen LogP contribution >= 0.6 is 0 Å². The van der Waals surface area contributed by atoms with E-state index in [1.165, 1.54) is 22.5 Å². The van der Waals surface area contributed by atoms with E-state index in [2.05, 4.69) is 4.98 Å². The molecule has 4 rings (SSSR count). The Morgan fingerprint density at radius 2 is 1.68 bits per heavy atom. The van der Waals surface area contributed by atoms with Crippen LogP contribution in [0.5, 0.6) is 0 Å². The van der Waals surface area contributed by atoms with Crippen LogP contribution in [0.15, 0.2) is 65.6 Å². The molecule has 2 heterocycles. The van der Waals surface area contributed by atoms with Crippen LogP contribution in [0.25, 0.3) is 10.9 Å². The number of hydrogen-bond acceptors (Lipinski definition) is 6. The Labute approximate surface area is 162 Å². The molecule has 0 N–H and O–H groups in total. The summed E-state index contributed by atoms with van der Waals surface area (Å²) in [6, 6.07) is 16.9. The Morgan fingerprint density at radius 1 is 0.929 bits per heavy atom. The molecule has 2 aromatic carbocycles. The third kappa shape index (κ3) is 3.41. The largest absolute Gasteiger partial charge is 0.354 e. The minimum absolute atomic E-state index is 0.0565. The first kappa shape index (κ1) is 18.3. The number of benzene rings is 2. The number of sulfonamides is 1. The Kier molecular flexibility index (Phi) is 4.70. The number of nitrogens with zero attached hydrogens (tertiary/aromatic N) is 4. The number of anilines is 1. The second-order valence-electron chi connectivity index (χ2n) is 6.51. The molecular formula is C19H18N4O4S. The van der Waals surface area contributed by atoms with Gasteiger partial charge in [-0.25, -0.2) is 13.4 Å². The van der Waals surface area contributed by atoms with Crippen molar-refractivity contribution in [1.82, 2.24) is 9.29 Å². The highest BCUT2D eigenvalue weighted by molar-refractivity contribution is 7.89. The van der Waals surface area contributed by atoms with Crippen molar-refractivity contribution in [3.63, 3.8) is 0 Å². The molecule has 0 amide bonds. The molecule has 0 bridgehead atoms. The number of nitro benzene ring substituents is 1. The van der Waals surface area contributed by atoms with Gasteiger partial charge in [-0.1, -0.05) is 24.3 Å². The van der Waals surface area contributed by atoms with Crippen molar-refractivity contribution < 1.29 is 13.3 Å². The third-order valence-electron chi connectivity index (χ3n) is 4.81. The van der Waals surface area contributed by atoms with Crippen LogP contribution in [0.3, 0.4) is 0 Å². The fourth-order valence-electron chi connectivity index (χ4n) is 3.30. The second-order valence-corrected chi connectivity index (χ2v) is 8.45. The maximum atomic E-state index is 12.8. The number of hydrogen-bond donors (Lipinski definition) is 0. The summed E-state index contributed by atoms with van der Waals surface area (Å²) in [5.74, 6) is 0.811. The van der Waals surface area contributed by atoms with Gasteiger partial charge in [0.25, 0.3) is 5.69 Å². The molecule has 3 aromatic rings. The normalized spacial score (nSPS) is 15.6. The Balaban J connectivity index is 1.51. The topological polar surface area (TPSA) is 96.6 Å². The smallest absolute Gasteiger partial charge is 0.270 e. The fraction of sp³-hybridized carbons (Fsp3) is 0.211. The molecular weight excluding hydrogens is 380 g/mol. The maximum Gasteiger partial charge on any atom is 0.270 e. The fourth-order valence-corrected chi connectivity index (χ4v) is 4.76. The van der Waals surface area contributed by atoms with Gasteiger partial charge < -0.3 is 4.90 Å². The zero-order valence-corrected chi connectivity index (χ0v) is 15.7. The lowest BCUT2D eigenvalue weighted by Crippen LogP contribution is -2.48. The standard InChI is InChI=1S/C19H18N4O4S/c24-23(25)16-5-3-6-17(14-16)28(26,27)22-12-10-21(11-13-22)19-9-8-15-4-1-2-7-18(15)20-19/h1-9,14H,10-13H2. The van der Waals surface area contributed by atoms with Crippen molar-refractivity contribution in [2.75, 3.05) is 31.1 Å². The first-order valence-electron chi connectivity index (χ1n) is 8.80. The molecule has 8 nitrogen and oxygen atoms in total. The number of nitro groups is 1. The van der Waals surface area contributed by atoms with Crippen molar-refractivity contribution in [2.45, 2.75) is 4.90 Å². The highest BCUT2D eigenvalue weighted by Gasteiger charge is 2.29. The molecule has 0 saturated carbocycles. The molecule has 28 heavy (non-hydrogen) atoms. The summed E-state index contributed by atoms with van der Waals surface area (Å²) in [6.45, 7) is 1.58. The maximum absolute atomic E-state index is 12.8. The van der Waals surface area contributed by atoms with Gasteiger partial charge in [-0.3, -0.25) is 10.1 Å². The molecule has 0 spiro atoms. The van der Waals surface area contributed by atoms with E-state index < -0.39 is 14.9 Å². The van der Waals surface area contributed by atoms with E-state index in [0.717, 1.165) is 22.8 Å². The van der Waals surface area contributed by atoms with Crippen molar-refractivity contribution in [2.24, 2.45) is 0 Å². The van der Waals surface area contributed by atoms with E-state index in [0.29, 0.717) is 26.2 Å². The summed E-state index contributed by atoms with van der Waals surface area (Å²) in [7, 11) is -3.78. The molecule has 1 aliphatic heterocycles. The van der Waals surface area contributed by atoms with Gasteiger partial charge in [0.2, 0.25) is 10.0 Å². The number of pyridine rings is 1. The molecule has 1 fully saturated rings. The van der Waals surface area contributed by atoms with Gasteiger partial charge >= 0.3 is 0 Å². The van der Waals surface area contributed by atoms with Gasteiger partial charge in [-0.2, -0.15) is 4.31 Å². The van der Waals surface area contributed by atoms with E-state index in [1.807, 2.05) is 41.3 Å². The Bertz CT molecular complexity index is 1140. The molecule has 0 radical (unpaired) electrons. The number of non-ortho nitro benzene ring substituents is 1. The molecule has 1 aromatic heterocycles. The highest BCUT2D eigenvalue weighted by Crippen LogP contribution is 2.24. The van der Waals surface area contributed by atoms with E-state index in [-0.39, 0.29) is 10.6 Å². The summed E-state index contributed by atoms with van der Waals surface area (Å²) in [6.07, 6.45) is 0. The molecule has 1 saturated heterocycles. The van der Waals surface area contributed by atoms with Crippen molar-refractivity contribution >= 4 is 32.4 Å². The number of fused-ring (bicyclic) bond motifs is 1. The van der Waals surface area contributed by atoms with Crippen LogP contribution in [0.4, 0.5) is 11.5 Å². The van der Waals surface area contributed by atoms with Crippen LogP contribution in [0, 0.1) is 10.1 Å². The number of piperazine rings is 1. The zero-order valence-electron chi connectivity index (χ0n) is 14.9. The number of rotatable bonds is 4. The number of aromatic nitrogens is 1. The summed E-state index contributed by atoms with van der Waals surface area (Å²) in [5.41, 5.74) is 0.659. The van der Waals surface area contributed by atoms with Crippen LogP contribution < -0.4 is 4.90 Å². The van der Waals surface area contributed by atoms with Crippen LogP contribution in [-0.2, 0) is 10.0 Å². The van der Waals surface area contributed by atoms with E-state index >= 15 is 0 Å². The van der Waals surface area contributed by atoms with Gasteiger partial charge in [0.1, 0.15) is 5.82 Å². The first-order chi connectivity index (χ1) is 13.4. The minimum Gasteiger partial charge on any atom is -0.354 e. The van der Waals surface area contributed by atoms with Gasteiger partial charge in [0.15, 0.2) is 0 Å². The molecule has 144 valence electrons.